The average molecular weight is 282 g/mol. The molecule has 0 amide bonds. The molecule has 0 spiro atoms. The maximum atomic E-state index is 11.9. The van der Waals surface area contributed by atoms with Gasteiger partial charge in [-0.15, -0.1) is 3.89 Å². The molecule has 0 rings (SSSR count). The van der Waals surface area contributed by atoms with E-state index < -0.39 is 47.8 Å². The molecule has 0 bridgehead atoms. The second-order valence-corrected chi connectivity index (χ2v) is 4.35. The first-order valence-electron chi connectivity index (χ1n) is 4.32. The number of carbonyl (C=O) groups excluding carboxylic acids is 1. The third kappa shape index (κ3) is 13.0. The Labute approximate surface area is 94.9 Å². The summed E-state index contributed by atoms with van der Waals surface area (Å²) in [5.41, 5.74) is 0. The van der Waals surface area contributed by atoms with Gasteiger partial charge in [-0.3, -0.25) is 4.79 Å². The van der Waals surface area contributed by atoms with Crippen molar-refractivity contribution in [3.05, 3.63) is 0 Å². The van der Waals surface area contributed by atoms with Gasteiger partial charge in [0.2, 0.25) is 0 Å². The summed E-state index contributed by atoms with van der Waals surface area (Å²) in [6.45, 7) is -1.23. The molecule has 0 unspecified atom stereocenters. The van der Waals surface area contributed by atoms with Gasteiger partial charge in [0.25, 0.3) is 0 Å². The number of esters is 1. The van der Waals surface area contributed by atoms with E-state index in [-0.39, 0.29) is 6.61 Å². The van der Waals surface area contributed by atoms with Gasteiger partial charge in [0.15, 0.2) is 0 Å². The van der Waals surface area contributed by atoms with Crippen LogP contribution < -0.4 is 0 Å². The minimum atomic E-state index is -4.64. The lowest BCUT2D eigenvalue weighted by Gasteiger charge is -2.07. The van der Waals surface area contributed by atoms with Crippen molar-refractivity contribution in [2.75, 3.05) is 25.6 Å². The van der Waals surface area contributed by atoms with Crippen LogP contribution in [0.25, 0.3) is 0 Å². The maximum absolute atomic E-state index is 11.9. The highest BCUT2D eigenvalue weighted by atomic mass is 32.3. The lowest BCUT2D eigenvalue weighted by Crippen LogP contribution is -2.19. The Morgan fingerprint density at radius 1 is 1.12 bits per heavy atom. The van der Waals surface area contributed by atoms with Gasteiger partial charge >= 0.3 is 22.4 Å². The van der Waals surface area contributed by atoms with E-state index in [1.54, 1.807) is 0 Å². The molecular formula is C7H10F4O5S. The van der Waals surface area contributed by atoms with Crippen LogP contribution >= 0.6 is 0 Å². The van der Waals surface area contributed by atoms with Crippen LogP contribution in [0.4, 0.5) is 17.1 Å². The van der Waals surface area contributed by atoms with Crippen LogP contribution in [0.2, 0.25) is 0 Å². The van der Waals surface area contributed by atoms with Crippen LogP contribution in [0.15, 0.2) is 0 Å². The van der Waals surface area contributed by atoms with Crippen molar-refractivity contribution >= 4 is 16.2 Å². The van der Waals surface area contributed by atoms with Crippen molar-refractivity contribution in [3.63, 3.8) is 0 Å². The van der Waals surface area contributed by atoms with Crippen molar-refractivity contribution in [3.8, 4) is 0 Å². The zero-order valence-electron chi connectivity index (χ0n) is 8.50. The van der Waals surface area contributed by atoms with Crippen molar-refractivity contribution in [2.24, 2.45) is 0 Å². The number of rotatable bonds is 7. The van der Waals surface area contributed by atoms with E-state index in [9.17, 15) is 30.3 Å². The molecule has 0 aromatic heterocycles. The van der Waals surface area contributed by atoms with Crippen molar-refractivity contribution < 1.29 is 39.7 Å². The second-order valence-electron chi connectivity index (χ2n) is 2.87. The Kier molecular flexibility index (Phi) is 6.39. The number of hydrogen-bond acceptors (Lipinski definition) is 5. The molecule has 5 nitrogen and oxygen atoms in total. The first kappa shape index (κ1) is 16.1. The van der Waals surface area contributed by atoms with Crippen LogP contribution in [0, 0.1) is 0 Å². The van der Waals surface area contributed by atoms with Gasteiger partial charge < -0.3 is 9.47 Å². The molecule has 0 aliphatic rings. The molecule has 0 aromatic carbocycles. The molecule has 0 aliphatic heterocycles. The fraction of sp³-hybridized carbons (Fsp3) is 0.857. The van der Waals surface area contributed by atoms with E-state index in [0.717, 1.165) is 0 Å². The molecule has 0 saturated heterocycles. The number of alkyl halides is 3. The summed E-state index contributed by atoms with van der Waals surface area (Å²) in [6, 6.07) is 0. The Morgan fingerprint density at radius 2 is 1.71 bits per heavy atom. The van der Waals surface area contributed by atoms with Gasteiger partial charge in [-0.1, -0.05) is 0 Å². The van der Waals surface area contributed by atoms with Gasteiger partial charge in [-0.2, -0.15) is 21.6 Å². The molecule has 0 radical (unpaired) electrons. The lowest BCUT2D eigenvalue weighted by molar-refractivity contribution is -0.172. The van der Waals surface area contributed by atoms with E-state index in [1.165, 1.54) is 0 Å². The fourth-order valence-electron chi connectivity index (χ4n) is 0.690. The Hall–Kier alpha value is -0.900. The highest BCUT2D eigenvalue weighted by molar-refractivity contribution is 7.86. The highest BCUT2D eigenvalue weighted by Gasteiger charge is 2.32. The van der Waals surface area contributed by atoms with E-state index in [2.05, 4.69) is 9.47 Å². The first-order chi connectivity index (χ1) is 7.60. The number of ether oxygens (including phenoxy) is 2. The number of hydrogen-bond donors (Lipinski definition) is 0. The van der Waals surface area contributed by atoms with Gasteiger partial charge in [0.05, 0.1) is 13.2 Å². The predicted molar refractivity (Wildman–Crippen MR) is 47.3 cm³/mol. The summed E-state index contributed by atoms with van der Waals surface area (Å²) in [6.07, 6.45) is -6.34. The predicted octanol–water partition coefficient (Wildman–Crippen LogP) is 0.798. The van der Waals surface area contributed by atoms with Crippen molar-refractivity contribution in [1.82, 2.24) is 0 Å². The zero-order chi connectivity index (χ0) is 13.5. The smallest absolute Gasteiger partial charge is 0.399 e. The number of halogens is 4. The van der Waals surface area contributed by atoms with E-state index in [0.29, 0.717) is 0 Å². The van der Waals surface area contributed by atoms with Gasteiger partial charge in [-0.25, -0.2) is 0 Å². The molecule has 0 heterocycles. The SMILES string of the molecule is O=C(CC(F)(F)F)OCCOCCS(=O)(=O)F. The molecule has 0 N–H and O–H groups in total. The van der Waals surface area contributed by atoms with E-state index in [1.807, 2.05) is 0 Å². The Balaban J connectivity index is 3.50. The van der Waals surface area contributed by atoms with E-state index in [4.69, 9.17) is 0 Å². The van der Waals surface area contributed by atoms with Gasteiger partial charge in [0.1, 0.15) is 18.8 Å². The average Bonchev–Trinajstić information content (AvgIpc) is 2.06. The normalized spacial score (nSPS) is 12.5. The fourth-order valence-corrected chi connectivity index (χ4v) is 1.01. The molecular weight excluding hydrogens is 272 g/mol. The lowest BCUT2D eigenvalue weighted by atomic mass is 10.4. The molecule has 0 aliphatic carbocycles. The van der Waals surface area contributed by atoms with E-state index >= 15 is 0 Å². The Bertz CT molecular complexity index is 337. The molecule has 0 atom stereocenters. The van der Waals surface area contributed by atoms with Crippen LogP contribution in [0.3, 0.4) is 0 Å². The largest absolute Gasteiger partial charge is 0.463 e. The van der Waals surface area contributed by atoms with Gasteiger partial charge in [0, 0.05) is 0 Å². The molecule has 0 fully saturated rings. The summed E-state index contributed by atoms with van der Waals surface area (Å²) in [4.78, 5) is 10.5. The monoisotopic (exact) mass is 282 g/mol. The van der Waals surface area contributed by atoms with Gasteiger partial charge in [-0.05, 0) is 0 Å². The summed E-state index contributed by atoms with van der Waals surface area (Å²) >= 11 is 0. The Morgan fingerprint density at radius 3 is 2.18 bits per heavy atom. The van der Waals surface area contributed by atoms with Crippen molar-refractivity contribution in [1.29, 1.82) is 0 Å². The third-order valence-corrected chi connectivity index (χ3v) is 1.96. The van der Waals surface area contributed by atoms with Crippen LogP contribution in [0.5, 0.6) is 0 Å². The standard InChI is InChI=1S/C7H10F4O5S/c8-7(9,10)5-6(12)16-2-1-15-3-4-17(11,13)14/h1-5H2. The quantitative estimate of drug-likeness (QED) is 0.299. The summed E-state index contributed by atoms with van der Waals surface area (Å²) in [5, 5.41) is 0. The zero-order valence-corrected chi connectivity index (χ0v) is 9.31. The van der Waals surface area contributed by atoms with Crippen LogP contribution in [-0.2, 0) is 24.5 Å². The first-order valence-corrected chi connectivity index (χ1v) is 5.88. The summed E-state index contributed by atoms with van der Waals surface area (Å²) in [5.74, 6) is -2.32. The van der Waals surface area contributed by atoms with Crippen molar-refractivity contribution in [2.45, 2.75) is 12.6 Å². The second kappa shape index (κ2) is 6.74. The molecule has 17 heavy (non-hydrogen) atoms. The summed E-state index contributed by atoms with van der Waals surface area (Å²) in [7, 11) is -4.63. The molecule has 0 aromatic rings. The number of carbonyl (C=O) groups is 1. The minimum absolute atomic E-state index is 0.306. The summed E-state index contributed by atoms with van der Waals surface area (Å²) < 4.78 is 75.4. The molecule has 0 saturated carbocycles. The van der Waals surface area contributed by atoms with Crippen LogP contribution in [-0.4, -0.2) is 46.1 Å². The highest BCUT2D eigenvalue weighted by Crippen LogP contribution is 2.19. The van der Waals surface area contributed by atoms with Crippen LogP contribution in [0.1, 0.15) is 6.42 Å². The topological polar surface area (TPSA) is 69.7 Å². The third-order valence-electron chi connectivity index (χ3n) is 1.31. The molecule has 10 heteroatoms. The molecule has 102 valence electrons. The maximum Gasteiger partial charge on any atom is 0.399 e. The minimum Gasteiger partial charge on any atom is -0.463 e.